The van der Waals surface area contributed by atoms with Crippen LogP contribution < -0.4 is 5.32 Å². The lowest BCUT2D eigenvalue weighted by atomic mass is 9.47. The Balaban J connectivity index is 0.877. The zero-order chi connectivity index (χ0) is 44.2. The van der Waals surface area contributed by atoms with Crippen molar-refractivity contribution in [2.75, 3.05) is 19.8 Å². The average molecular weight is 884 g/mol. The minimum Gasteiger partial charge on any atom is -0.394 e. The Kier molecular flexibility index (Phi) is 12.9. The number of rotatable bonds is 8. The van der Waals surface area contributed by atoms with Crippen LogP contribution in [0.2, 0.25) is 0 Å². The fourth-order valence-electron chi connectivity index (χ4n) is 14.2. The molecule has 26 atom stereocenters. The molecule has 1 spiro atoms. The minimum absolute atomic E-state index is 0.00160. The van der Waals surface area contributed by atoms with E-state index < -0.39 is 105 Å². The molecule has 0 amide bonds. The summed E-state index contributed by atoms with van der Waals surface area (Å²) < 4.78 is 42.9. The highest BCUT2D eigenvalue weighted by Gasteiger charge is 2.68. The molecule has 4 aliphatic carbocycles. The van der Waals surface area contributed by atoms with Crippen molar-refractivity contribution < 1.29 is 79.1 Å². The zero-order valence-electron chi connectivity index (χ0n) is 36.7. The lowest BCUT2D eigenvalue weighted by Crippen LogP contribution is -2.67. The zero-order valence-corrected chi connectivity index (χ0v) is 36.7. The molecule has 8 fully saturated rings. The van der Waals surface area contributed by atoms with Crippen LogP contribution in [0, 0.1) is 46.3 Å². The Hall–Kier alpha value is -0.940. The molecule has 17 heteroatoms. The Morgan fingerprint density at radius 3 is 2.10 bits per heavy atom. The number of allylic oxidation sites excluding steroid dienone is 1. The molecule has 9 aliphatic rings. The first-order valence-corrected chi connectivity index (χ1v) is 23.5. The van der Waals surface area contributed by atoms with Gasteiger partial charge in [0.05, 0.1) is 31.5 Å². The van der Waals surface area contributed by atoms with Crippen LogP contribution in [0.1, 0.15) is 92.4 Å². The average Bonchev–Trinajstić information content (AvgIpc) is 3.70. The van der Waals surface area contributed by atoms with Gasteiger partial charge in [0.2, 0.25) is 0 Å². The molecule has 0 aromatic heterocycles. The molecule has 17 nitrogen and oxygen atoms in total. The maximum Gasteiger partial charge on any atom is 0.187 e. The molecule has 9 rings (SSSR count). The largest absolute Gasteiger partial charge is 0.394 e. The molecule has 0 bridgehead atoms. The van der Waals surface area contributed by atoms with E-state index in [0.717, 1.165) is 32.2 Å². The van der Waals surface area contributed by atoms with Crippen LogP contribution >= 0.6 is 0 Å². The third-order valence-electron chi connectivity index (χ3n) is 17.9. The fourth-order valence-corrected chi connectivity index (χ4v) is 14.2. The Morgan fingerprint density at radius 1 is 0.694 bits per heavy atom. The van der Waals surface area contributed by atoms with Crippen LogP contribution in [0.3, 0.4) is 0 Å². The summed E-state index contributed by atoms with van der Waals surface area (Å²) in [4.78, 5) is 0. The van der Waals surface area contributed by atoms with Gasteiger partial charge in [-0.15, -0.1) is 0 Å². The van der Waals surface area contributed by atoms with Gasteiger partial charge in [0.1, 0.15) is 72.9 Å². The normalized spacial score (nSPS) is 57.6. The van der Waals surface area contributed by atoms with Crippen LogP contribution in [0.5, 0.6) is 0 Å². The number of hydrogen-bond donors (Lipinski definition) is 10. The van der Waals surface area contributed by atoms with Gasteiger partial charge in [-0.3, -0.25) is 5.32 Å². The number of hydrogen-bond acceptors (Lipinski definition) is 17. The lowest BCUT2D eigenvalue weighted by Gasteiger charge is -2.59. The number of fused-ring (bicyclic) bond motifs is 7. The van der Waals surface area contributed by atoms with Gasteiger partial charge in [-0.05, 0) is 105 Å². The fraction of sp³-hybridized carbons (Fsp3) is 0.956. The van der Waals surface area contributed by atoms with Crippen LogP contribution in [0.4, 0.5) is 0 Å². The minimum atomic E-state index is -1.81. The van der Waals surface area contributed by atoms with E-state index in [1.807, 2.05) is 0 Å². The van der Waals surface area contributed by atoms with E-state index in [0.29, 0.717) is 54.5 Å². The maximum atomic E-state index is 11.8. The van der Waals surface area contributed by atoms with Crippen molar-refractivity contribution >= 4 is 0 Å². The smallest absolute Gasteiger partial charge is 0.187 e. The molecule has 354 valence electrons. The molecule has 5 heterocycles. The van der Waals surface area contributed by atoms with Crippen LogP contribution in [0.15, 0.2) is 11.6 Å². The summed E-state index contributed by atoms with van der Waals surface area (Å²) in [7, 11) is 0. The molecule has 5 saturated heterocycles. The number of nitrogens with one attached hydrogen (secondary N) is 1. The van der Waals surface area contributed by atoms with Crippen molar-refractivity contribution in [3.05, 3.63) is 11.6 Å². The maximum absolute atomic E-state index is 11.8. The van der Waals surface area contributed by atoms with Crippen molar-refractivity contribution in [1.82, 2.24) is 5.32 Å². The summed E-state index contributed by atoms with van der Waals surface area (Å²) in [5.41, 5.74) is 1.41. The third kappa shape index (κ3) is 7.49. The highest BCUT2D eigenvalue weighted by molar-refractivity contribution is 5.26. The van der Waals surface area contributed by atoms with Crippen LogP contribution in [0.25, 0.3) is 0 Å². The molecule has 0 aromatic rings. The van der Waals surface area contributed by atoms with Gasteiger partial charge in [-0.2, -0.15) is 0 Å². The van der Waals surface area contributed by atoms with Gasteiger partial charge < -0.3 is 79.1 Å². The van der Waals surface area contributed by atoms with E-state index in [1.54, 1.807) is 0 Å². The first-order chi connectivity index (χ1) is 29.4. The van der Waals surface area contributed by atoms with Gasteiger partial charge in [-0.25, -0.2) is 0 Å². The third-order valence-corrected chi connectivity index (χ3v) is 17.9. The summed E-state index contributed by atoms with van der Waals surface area (Å²) in [6, 6.07) is 0. The molecule has 0 unspecified atom stereocenters. The SMILES string of the molecule is C[C@@H]1CC[C@]2(NC1)O[C@@H]1C[C@H]3[C@@H]4CC=C5C[C@@H](O[C@H]6O[C@@H](CO)[C@H](O)[C@@H](O[C@H]7O[C@@H](CO)[C@H](O)[C@@H](O)[C@@H]7O[C@H]7O[C@@H](C)[C@H](O)[C@@H](O)[C@@H]7O)[C@@H]6O)CC[C@]5(C)[C@@H]4CC[C@@]3(C)[C@@H]1[C@H]2C. The molecule has 0 aromatic carbocycles. The summed E-state index contributed by atoms with van der Waals surface area (Å²) in [5.74, 6) is 3.43. The summed E-state index contributed by atoms with van der Waals surface area (Å²) in [6.45, 7) is 10.8. The van der Waals surface area contributed by atoms with E-state index in [9.17, 15) is 46.0 Å². The van der Waals surface area contributed by atoms with Gasteiger partial charge in [-0.1, -0.05) is 39.3 Å². The Morgan fingerprint density at radius 2 is 1.39 bits per heavy atom. The second kappa shape index (κ2) is 17.3. The van der Waals surface area contributed by atoms with Crippen LogP contribution in [-0.4, -0.2) is 176 Å². The van der Waals surface area contributed by atoms with Gasteiger partial charge in [0, 0.05) is 12.5 Å². The number of aliphatic hydroxyl groups is 9. The predicted octanol–water partition coefficient (Wildman–Crippen LogP) is -0.213. The van der Waals surface area contributed by atoms with Gasteiger partial charge in [0.15, 0.2) is 18.9 Å². The highest BCUT2D eigenvalue weighted by Crippen LogP contribution is 2.70. The lowest BCUT2D eigenvalue weighted by molar-refractivity contribution is -0.389. The molecule has 0 radical (unpaired) electrons. The monoisotopic (exact) mass is 883 g/mol. The Bertz CT molecular complexity index is 1620. The van der Waals surface area contributed by atoms with Crippen molar-refractivity contribution in [1.29, 1.82) is 0 Å². The van der Waals surface area contributed by atoms with E-state index >= 15 is 0 Å². The van der Waals surface area contributed by atoms with Crippen molar-refractivity contribution in [3.8, 4) is 0 Å². The number of piperidine rings is 1. The van der Waals surface area contributed by atoms with Crippen molar-refractivity contribution in [3.63, 3.8) is 0 Å². The van der Waals surface area contributed by atoms with E-state index in [4.69, 9.17) is 33.2 Å². The van der Waals surface area contributed by atoms with E-state index in [1.165, 1.54) is 31.8 Å². The van der Waals surface area contributed by atoms with Gasteiger partial charge in [0.25, 0.3) is 0 Å². The van der Waals surface area contributed by atoms with Crippen molar-refractivity contribution in [2.45, 2.75) is 202 Å². The predicted molar refractivity (Wildman–Crippen MR) is 216 cm³/mol. The molecular weight excluding hydrogens is 810 g/mol. The highest BCUT2D eigenvalue weighted by atomic mass is 16.8. The van der Waals surface area contributed by atoms with Gasteiger partial charge >= 0.3 is 0 Å². The number of ether oxygens (including phenoxy) is 7. The van der Waals surface area contributed by atoms with E-state index in [-0.39, 0.29) is 22.7 Å². The molecule has 10 N–H and O–H groups in total. The first kappa shape index (κ1) is 46.2. The second-order valence-electron chi connectivity index (χ2n) is 21.2. The standard InChI is InChI=1S/C45H73NO16/c1-19-8-13-45(46-16-19)20(2)30-27(62-45)15-26-24-7-6-22-14-23(9-11-43(22,4)25(24)10-12-44(26,30)5)57-41-37(55)38(33(51)29(18-48)58-41)60-42-39(35(53)32(50)28(17-47)59-42)61-40-36(54)34(52)31(49)21(3)56-40/h6,19-21,23-42,46-55H,7-18H2,1-5H3/t19-,20-,21+,23+,24-,25-,26+,27-,28+,29+,30-,31+,32+,33+,34-,35-,36+,37+,38-,39+,40-,41+,42-,43+,44-,45+/m1/s1. The molecule has 3 saturated carbocycles. The molecule has 62 heavy (non-hydrogen) atoms. The Labute approximate surface area is 364 Å². The summed E-state index contributed by atoms with van der Waals surface area (Å²) >= 11 is 0. The molecular formula is C45H73NO16. The quantitative estimate of drug-likeness (QED) is 0.142. The first-order valence-electron chi connectivity index (χ1n) is 23.5. The summed E-state index contributed by atoms with van der Waals surface area (Å²) in [5, 5.41) is 100. The topological polar surface area (TPSA) is 259 Å². The number of aliphatic hydroxyl groups excluding tert-OH is 9. The molecule has 5 aliphatic heterocycles. The van der Waals surface area contributed by atoms with E-state index in [2.05, 4.69) is 39.1 Å². The summed E-state index contributed by atoms with van der Waals surface area (Å²) in [6.07, 6.45) is -11.8. The van der Waals surface area contributed by atoms with Crippen molar-refractivity contribution in [2.24, 2.45) is 46.3 Å². The second-order valence-corrected chi connectivity index (χ2v) is 21.2. The van der Waals surface area contributed by atoms with Crippen LogP contribution in [-0.2, 0) is 33.2 Å².